The third-order valence-corrected chi connectivity index (χ3v) is 5.93. The number of benzene rings is 3. The van der Waals surface area contributed by atoms with Crippen molar-refractivity contribution in [2.45, 2.75) is 17.8 Å². The van der Waals surface area contributed by atoms with Crippen LogP contribution in [0.3, 0.4) is 0 Å². The Bertz CT molecular complexity index is 1210. The maximum Gasteiger partial charge on any atom is 0.196 e. The quantitative estimate of drug-likeness (QED) is 0.318. The largest absolute Gasteiger partial charge is 0.494 e. The van der Waals surface area contributed by atoms with Crippen molar-refractivity contribution < 1.29 is 4.74 Å². The van der Waals surface area contributed by atoms with E-state index in [0.717, 1.165) is 27.7 Å². The molecule has 0 saturated carbocycles. The van der Waals surface area contributed by atoms with E-state index in [9.17, 15) is 0 Å². The third kappa shape index (κ3) is 4.74. The Morgan fingerprint density at radius 3 is 2.42 bits per heavy atom. The van der Waals surface area contributed by atoms with Crippen molar-refractivity contribution in [3.8, 4) is 28.9 Å². The second-order valence-corrected chi connectivity index (χ2v) is 8.00. The second kappa shape index (κ2) is 9.69. The topological polar surface area (TPSA) is 63.7 Å². The Hall–Kier alpha value is -3.27. The molecule has 0 bridgehead atoms. The lowest BCUT2D eigenvalue weighted by molar-refractivity contribution is 0.340. The van der Waals surface area contributed by atoms with Gasteiger partial charge in [-0.25, -0.2) is 0 Å². The van der Waals surface area contributed by atoms with Gasteiger partial charge in [0.1, 0.15) is 5.75 Å². The number of aromatic nitrogens is 3. The molecule has 7 heteroatoms. The molecule has 0 atom stereocenters. The van der Waals surface area contributed by atoms with E-state index in [-0.39, 0.29) is 0 Å². The highest BCUT2D eigenvalue weighted by molar-refractivity contribution is 7.98. The van der Waals surface area contributed by atoms with Crippen LogP contribution in [0.15, 0.2) is 78.0 Å². The number of nitrogens with zero attached hydrogens (tertiary/aromatic N) is 4. The van der Waals surface area contributed by atoms with Gasteiger partial charge in [-0.3, -0.25) is 4.57 Å². The lowest BCUT2D eigenvalue weighted by Crippen LogP contribution is -2.01. The van der Waals surface area contributed by atoms with Crippen molar-refractivity contribution in [3.05, 3.63) is 88.9 Å². The lowest BCUT2D eigenvalue weighted by atomic mass is 10.2. The highest BCUT2D eigenvalue weighted by Crippen LogP contribution is 2.33. The number of rotatable bonds is 7. The standard InChI is InChI=1S/C24H19ClN4OS/c1-2-30-20-13-11-19(12-14-20)29-23(21-5-3-4-6-22(21)25)27-28-24(29)31-16-18-9-7-17(15-26)8-10-18/h3-14H,2,16H2,1H3. The van der Waals surface area contributed by atoms with Gasteiger partial charge in [0.05, 0.1) is 23.3 Å². The van der Waals surface area contributed by atoms with Crippen LogP contribution in [0.4, 0.5) is 0 Å². The van der Waals surface area contributed by atoms with Crippen LogP contribution in [0.5, 0.6) is 5.75 Å². The molecule has 4 aromatic rings. The molecule has 1 aromatic heterocycles. The maximum atomic E-state index is 8.99. The van der Waals surface area contributed by atoms with E-state index in [1.807, 2.05) is 84.3 Å². The highest BCUT2D eigenvalue weighted by Gasteiger charge is 2.18. The van der Waals surface area contributed by atoms with E-state index >= 15 is 0 Å². The fourth-order valence-electron chi connectivity index (χ4n) is 3.09. The summed E-state index contributed by atoms with van der Waals surface area (Å²) >= 11 is 8.04. The van der Waals surface area contributed by atoms with Crippen molar-refractivity contribution in [2.75, 3.05) is 6.61 Å². The second-order valence-electron chi connectivity index (χ2n) is 6.65. The minimum Gasteiger partial charge on any atom is -0.494 e. The summed E-state index contributed by atoms with van der Waals surface area (Å²) < 4.78 is 7.58. The van der Waals surface area contributed by atoms with E-state index in [1.54, 1.807) is 11.8 Å². The Labute approximate surface area is 190 Å². The van der Waals surface area contributed by atoms with Crippen LogP contribution in [-0.2, 0) is 5.75 Å². The molecule has 0 amide bonds. The SMILES string of the molecule is CCOc1ccc(-n2c(SCc3ccc(C#N)cc3)nnc2-c2ccccc2Cl)cc1. The Balaban J connectivity index is 1.71. The van der Waals surface area contributed by atoms with Crippen molar-refractivity contribution in [1.29, 1.82) is 5.26 Å². The average Bonchev–Trinajstić information content (AvgIpc) is 3.23. The molecule has 0 aliphatic carbocycles. The van der Waals surface area contributed by atoms with E-state index in [1.165, 1.54) is 0 Å². The van der Waals surface area contributed by atoms with E-state index in [0.29, 0.717) is 28.8 Å². The predicted molar refractivity (Wildman–Crippen MR) is 124 cm³/mol. The number of thioether (sulfide) groups is 1. The van der Waals surface area contributed by atoms with Crippen LogP contribution in [0.2, 0.25) is 5.02 Å². The molecule has 3 aromatic carbocycles. The van der Waals surface area contributed by atoms with Gasteiger partial charge in [-0.05, 0) is 61.0 Å². The number of hydrogen-bond donors (Lipinski definition) is 0. The molecule has 154 valence electrons. The Morgan fingerprint density at radius 2 is 1.74 bits per heavy atom. The number of nitriles is 1. The van der Waals surface area contributed by atoms with Crippen molar-refractivity contribution >= 4 is 23.4 Å². The molecule has 0 saturated heterocycles. The number of halogens is 1. The smallest absolute Gasteiger partial charge is 0.196 e. The molecular formula is C24H19ClN4OS. The number of hydrogen-bond acceptors (Lipinski definition) is 5. The first-order valence-electron chi connectivity index (χ1n) is 9.75. The van der Waals surface area contributed by atoms with Crippen LogP contribution >= 0.6 is 23.4 Å². The van der Waals surface area contributed by atoms with Gasteiger partial charge in [-0.15, -0.1) is 10.2 Å². The van der Waals surface area contributed by atoms with E-state index in [2.05, 4.69) is 16.3 Å². The fourth-order valence-corrected chi connectivity index (χ4v) is 4.22. The van der Waals surface area contributed by atoms with Crippen LogP contribution in [0, 0.1) is 11.3 Å². The van der Waals surface area contributed by atoms with Crippen molar-refractivity contribution in [1.82, 2.24) is 14.8 Å². The highest BCUT2D eigenvalue weighted by atomic mass is 35.5. The molecule has 0 unspecified atom stereocenters. The third-order valence-electron chi connectivity index (χ3n) is 4.61. The molecule has 0 spiro atoms. The summed E-state index contributed by atoms with van der Waals surface area (Å²) in [6.07, 6.45) is 0. The van der Waals surface area contributed by atoms with Crippen molar-refractivity contribution in [3.63, 3.8) is 0 Å². The molecule has 0 aliphatic rings. The summed E-state index contributed by atoms with van der Waals surface area (Å²) in [5.74, 6) is 2.19. The van der Waals surface area contributed by atoms with E-state index < -0.39 is 0 Å². The van der Waals surface area contributed by atoms with Crippen LogP contribution in [0.1, 0.15) is 18.1 Å². The molecule has 1 heterocycles. The van der Waals surface area contributed by atoms with Crippen LogP contribution in [-0.4, -0.2) is 21.4 Å². The van der Waals surface area contributed by atoms with Gasteiger partial charge in [0, 0.05) is 17.0 Å². The predicted octanol–water partition coefficient (Wildman–Crippen LogP) is 6.15. The minimum absolute atomic E-state index is 0.614. The molecule has 0 fully saturated rings. The summed E-state index contributed by atoms with van der Waals surface area (Å²) in [5, 5.41) is 19.3. The van der Waals surface area contributed by atoms with Gasteiger partial charge in [0.25, 0.3) is 0 Å². The first kappa shape index (κ1) is 21.0. The average molecular weight is 447 g/mol. The maximum absolute atomic E-state index is 8.99. The van der Waals surface area contributed by atoms with Gasteiger partial charge >= 0.3 is 0 Å². The molecular weight excluding hydrogens is 428 g/mol. The molecule has 5 nitrogen and oxygen atoms in total. The fraction of sp³-hybridized carbons (Fsp3) is 0.125. The molecule has 0 N–H and O–H groups in total. The Morgan fingerprint density at radius 1 is 1.00 bits per heavy atom. The first-order chi connectivity index (χ1) is 15.2. The van der Waals surface area contributed by atoms with Gasteiger partial charge in [0.15, 0.2) is 11.0 Å². The van der Waals surface area contributed by atoms with Crippen LogP contribution < -0.4 is 4.74 Å². The molecule has 4 rings (SSSR count). The summed E-state index contributed by atoms with van der Waals surface area (Å²) in [5.41, 5.74) is 3.48. The van der Waals surface area contributed by atoms with Crippen LogP contribution in [0.25, 0.3) is 17.1 Å². The zero-order valence-corrected chi connectivity index (χ0v) is 18.4. The molecule has 0 radical (unpaired) electrons. The van der Waals surface area contributed by atoms with Gasteiger partial charge in [0.2, 0.25) is 0 Å². The van der Waals surface area contributed by atoms with Gasteiger partial charge in [-0.2, -0.15) is 5.26 Å². The summed E-state index contributed by atoms with van der Waals surface area (Å²) in [6.45, 7) is 2.57. The summed E-state index contributed by atoms with van der Waals surface area (Å²) in [4.78, 5) is 0. The minimum atomic E-state index is 0.614. The molecule has 0 aliphatic heterocycles. The normalized spacial score (nSPS) is 10.6. The van der Waals surface area contributed by atoms with E-state index in [4.69, 9.17) is 21.6 Å². The lowest BCUT2D eigenvalue weighted by Gasteiger charge is -2.12. The van der Waals surface area contributed by atoms with Crippen molar-refractivity contribution in [2.24, 2.45) is 0 Å². The summed E-state index contributed by atoms with van der Waals surface area (Å²) in [6, 6.07) is 25.1. The van der Waals surface area contributed by atoms with Gasteiger partial charge in [-0.1, -0.05) is 47.6 Å². The summed E-state index contributed by atoms with van der Waals surface area (Å²) in [7, 11) is 0. The zero-order chi connectivity index (χ0) is 21.6. The zero-order valence-electron chi connectivity index (χ0n) is 16.8. The van der Waals surface area contributed by atoms with Gasteiger partial charge < -0.3 is 4.74 Å². The Kier molecular flexibility index (Phi) is 6.56. The molecule has 31 heavy (non-hydrogen) atoms. The monoisotopic (exact) mass is 446 g/mol. The number of ether oxygens (including phenoxy) is 1. The first-order valence-corrected chi connectivity index (χ1v) is 11.1.